The number of benzene rings is 2. The van der Waals surface area contributed by atoms with E-state index < -0.39 is 0 Å². The first kappa shape index (κ1) is 17.3. The highest BCUT2D eigenvalue weighted by atomic mass is 16.3. The van der Waals surface area contributed by atoms with Gasteiger partial charge in [0, 0.05) is 5.41 Å². The van der Waals surface area contributed by atoms with Crippen LogP contribution in [0.15, 0.2) is 30.3 Å². The molecule has 0 saturated heterocycles. The number of hydrogen-bond donors (Lipinski definition) is 4. The molecule has 4 fully saturated rings. The van der Waals surface area contributed by atoms with E-state index in [1.165, 1.54) is 38.5 Å². The van der Waals surface area contributed by atoms with E-state index in [0.717, 1.165) is 28.9 Å². The Balaban J connectivity index is 1.58. The van der Waals surface area contributed by atoms with Crippen LogP contribution >= 0.6 is 0 Å². The Bertz CT molecular complexity index is 980. The van der Waals surface area contributed by atoms with Gasteiger partial charge in [-0.15, -0.1) is 0 Å². The average Bonchev–Trinajstić information content (AvgIpc) is 2.64. The van der Waals surface area contributed by atoms with Crippen LogP contribution in [0.1, 0.15) is 44.1 Å². The van der Waals surface area contributed by atoms with Gasteiger partial charge in [0.1, 0.15) is 11.5 Å². The Morgan fingerprint density at radius 2 is 1.46 bits per heavy atom. The lowest BCUT2D eigenvalue weighted by Gasteiger charge is -2.54. The zero-order valence-corrected chi connectivity index (χ0v) is 15.9. The monoisotopic (exact) mass is 374 g/mol. The summed E-state index contributed by atoms with van der Waals surface area (Å²) in [4.78, 5) is 0. The van der Waals surface area contributed by atoms with Gasteiger partial charge >= 0.3 is 0 Å². The highest BCUT2D eigenvalue weighted by molar-refractivity contribution is 5.82. The van der Waals surface area contributed by atoms with Crippen LogP contribution in [0, 0.1) is 35.0 Å². The molecular formula is C24H26N2O2. The van der Waals surface area contributed by atoms with Gasteiger partial charge in [0.2, 0.25) is 0 Å². The summed E-state index contributed by atoms with van der Waals surface area (Å²) in [6.45, 7) is 0. The molecule has 4 heteroatoms. The number of rotatable bonds is 1. The summed E-state index contributed by atoms with van der Waals surface area (Å²) in [5.74, 6) is 9.59. The summed E-state index contributed by atoms with van der Waals surface area (Å²) < 4.78 is 0. The molecule has 0 heterocycles. The van der Waals surface area contributed by atoms with E-state index in [0.29, 0.717) is 16.9 Å². The van der Waals surface area contributed by atoms with Crippen molar-refractivity contribution in [3.05, 3.63) is 35.9 Å². The van der Waals surface area contributed by atoms with E-state index in [2.05, 4.69) is 11.8 Å². The highest BCUT2D eigenvalue weighted by Gasteiger charge is 2.50. The highest BCUT2D eigenvalue weighted by Crippen LogP contribution is 2.59. The number of phenols is 2. The number of nitrogen functional groups attached to an aromatic ring is 2. The van der Waals surface area contributed by atoms with E-state index in [4.69, 9.17) is 11.5 Å². The Hall–Kier alpha value is -2.80. The molecule has 4 aliphatic carbocycles. The third kappa shape index (κ3) is 2.77. The summed E-state index contributed by atoms with van der Waals surface area (Å²) in [5, 5.41) is 19.9. The quantitative estimate of drug-likeness (QED) is 0.336. The van der Waals surface area contributed by atoms with Crippen molar-refractivity contribution in [3.63, 3.8) is 0 Å². The molecular weight excluding hydrogens is 348 g/mol. The van der Waals surface area contributed by atoms with Gasteiger partial charge in [-0.1, -0.05) is 17.9 Å². The number of phenolic OH excluding ortho intramolecular Hbond substituents is 2. The Morgan fingerprint density at radius 3 is 2.07 bits per heavy atom. The standard InChI is InChI=1S/C24H26N2O2/c25-20-10-17(1-3-21(20)27)18-2-4-22(28)23(26)19(18)5-6-24-11-14-7-15(12-24)9-16(8-14)13-24/h1-4,10,14-16,27-28H,7-9,11-13,25-26H2. The van der Waals surface area contributed by atoms with Crippen molar-refractivity contribution < 1.29 is 10.2 Å². The Kier molecular flexibility index (Phi) is 3.77. The Labute approximate surface area is 165 Å². The average molecular weight is 374 g/mol. The van der Waals surface area contributed by atoms with Crippen LogP contribution in [0.25, 0.3) is 11.1 Å². The molecule has 6 N–H and O–H groups in total. The molecule has 2 aromatic rings. The van der Waals surface area contributed by atoms with Crippen molar-refractivity contribution >= 4 is 11.4 Å². The largest absolute Gasteiger partial charge is 0.506 e. The lowest BCUT2D eigenvalue weighted by atomic mass is 9.50. The molecule has 4 aliphatic rings. The van der Waals surface area contributed by atoms with Crippen molar-refractivity contribution in [1.82, 2.24) is 0 Å². The van der Waals surface area contributed by atoms with Crippen LogP contribution in [0.2, 0.25) is 0 Å². The molecule has 0 spiro atoms. The minimum atomic E-state index is 0.0466. The second kappa shape index (κ2) is 6.10. The smallest absolute Gasteiger partial charge is 0.139 e. The molecule has 4 bridgehead atoms. The van der Waals surface area contributed by atoms with Crippen LogP contribution in [0.4, 0.5) is 11.4 Å². The maximum Gasteiger partial charge on any atom is 0.139 e. The minimum absolute atomic E-state index is 0.0466. The zero-order chi connectivity index (χ0) is 19.5. The van der Waals surface area contributed by atoms with Crippen LogP contribution in [-0.2, 0) is 0 Å². The molecule has 6 rings (SSSR count). The first-order valence-electron chi connectivity index (χ1n) is 10.2. The summed E-state index contributed by atoms with van der Waals surface area (Å²) >= 11 is 0. The van der Waals surface area contributed by atoms with Crippen molar-refractivity contribution in [2.45, 2.75) is 38.5 Å². The lowest BCUT2D eigenvalue weighted by molar-refractivity contribution is -0.0181. The topological polar surface area (TPSA) is 92.5 Å². The van der Waals surface area contributed by atoms with Crippen LogP contribution in [0.5, 0.6) is 11.5 Å². The first-order valence-corrected chi connectivity index (χ1v) is 10.2. The minimum Gasteiger partial charge on any atom is -0.506 e. The molecule has 4 saturated carbocycles. The second-order valence-electron chi connectivity index (χ2n) is 9.14. The normalized spacial score (nSPS) is 30.1. The predicted octanol–water partition coefficient (Wildman–Crippen LogP) is 4.50. The maximum atomic E-state index is 10.2. The fourth-order valence-electron chi connectivity index (χ4n) is 6.16. The fourth-order valence-corrected chi connectivity index (χ4v) is 6.16. The third-order valence-corrected chi connectivity index (χ3v) is 7.05. The van der Waals surface area contributed by atoms with Gasteiger partial charge in [-0.05, 0) is 91.7 Å². The molecule has 0 atom stereocenters. The number of hydrogen-bond acceptors (Lipinski definition) is 4. The van der Waals surface area contributed by atoms with Gasteiger partial charge in [-0.2, -0.15) is 0 Å². The van der Waals surface area contributed by atoms with Crippen LogP contribution < -0.4 is 11.5 Å². The molecule has 144 valence electrons. The van der Waals surface area contributed by atoms with Gasteiger partial charge in [0.05, 0.1) is 16.9 Å². The maximum absolute atomic E-state index is 10.2. The molecule has 0 aliphatic heterocycles. The molecule has 0 unspecified atom stereocenters. The van der Waals surface area contributed by atoms with E-state index in [1.54, 1.807) is 24.3 Å². The van der Waals surface area contributed by atoms with E-state index >= 15 is 0 Å². The van der Waals surface area contributed by atoms with Crippen LogP contribution in [0.3, 0.4) is 0 Å². The molecule has 2 aromatic carbocycles. The first-order chi connectivity index (χ1) is 13.4. The zero-order valence-electron chi connectivity index (χ0n) is 15.9. The summed E-state index contributed by atoms with van der Waals surface area (Å²) in [7, 11) is 0. The second-order valence-corrected chi connectivity index (χ2v) is 9.14. The van der Waals surface area contributed by atoms with Crippen molar-refractivity contribution in [3.8, 4) is 34.5 Å². The summed E-state index contributed by atoms with van der Waals surface area (Å²) in [5.41, 5.74) is 15.2. The van der Waals surface area contributed by atoms with Gasteiger partial charge in [-0.25, -0.2) is 0 Å². The van der Waals surface area contributed by atoms with Gasteiger partial charge in [0.25, 0.3) is 0 Å². The lowest BCUT2D eigenvalue weighted by Crippen LogP contribution is -2.45. The molecule has 0 radical (unpaired) electrons. The molecule has 0 amide bonds. The SMILES string of the molecule is Nc1cc(-c2ccc(O)c(N)c2C#CC23CC4CC(CC(C4)C2)C3)ccc1O. The van der Waals surface area contributed by atoms with E-state index in [1.807, 2.05) is 6.07 Å². The molecule has 4 nitrogen and oxygen atoms in total. The van der Waals surface area contributed by atoms with Gasteiger partial charge in [0.15, 0.2) is 0 Å². The fraction of sp³-hybridized carbons (Fsp3) is 0.417. The van der Waals surface area contributed by atoms with Crippen molar-refractivity contribution in [1.29, 1.82) is 0 Å². The molecule has 0 aromatic heterocycles. The third-order valence-electron chi connectivity index (χ3n) is 7.05. The van der Waals surface area contributed by atoms with Gasteiger partial charge in [-0.3, -0.25) is 0 Å². The number of nitrogens with two attached hydrogens (primary N) is 2. The predicted molar refractivity (Wildman–Crippen MR) is 112 cm³/mol. The Morgan fingerprint density at radius 1 is 0.857 bits per heavy atom. The summed E-state index contributed by atoms with van der Waals surface area (Å²) in [6, 6.07) is 8.50. The van der Waals surface area contributed by atoms with Crippen LogP contribution in [-0.4, -0.2) is 10.2 Å². The molecule has 28 heavy (non-hydrogen) atoms. The van der Waals surface area contributed by atoms with Crippen molar-refractivity contribution in [2.24, 2.45) is 23.2 Å². The van der Waals surface area contributed by atoms with Crippen molar-refractivity contribution in [2.75, 3.05) is 11.5 Å². The van der Waals surface area contributed by atoms with E-state index in [-0.39, 0.29) is 16.9 Å². The van der Waals surface area contributed by atoms with Gasteiger partial charge < -0.3 is 21.7 Å². The number of aromatic hydroxyl groups is 2. The summed E-state index contributed by atoms with van der Waals surface area (Å²) in [6.07, 6.45) is 7.75. The van der Waals surface area contributed by atoms with E-state index in [9.17, 15) is 10.2 Å². The number of anilines is 2.